The van der Waals surface area contributed by atoms with Crippen molar-refractivity contribution in [3.8, 4) is 0 Å². The van der Waals surface area contributed by atoms with Crippen LogP contribution in [0, 0.1) is 11.8 Å². The molecule has 0 spiro atoms. The summed E-state index contributed by atoms with van der Waals surface area (Å²) < 4.78 is 0. The van der Waals surface area contributed by atoms with E-state index in [4.69, 9.17) is 11.5 Å². The van der Waals surface area contributed by atoms with Gasteiger partial charge in [-0.2, -0.15) is 0 Å². The molecule has 198 valence electrons. The number of guanidine groups is 1. The minimum Gasteiger partial charge on any atom is -0.477 e. The Morgan fingerprint density at radius 3 is 2.50 bits per heavy atom. The molecule has 0 radical (unpaired) electrons. The highest BCUT2D eigenvalue weighted by Crippen LogP contribution is 2.51. The third kappa shape index (κ3) is 4.64. The van der Waals surface area contributed by atoms with Crippen LogP contribution in [-0.2, 0) is 19.2 Å². The Bertz CT molecular complexity index is 1020. The number of nitrogens with zero attached hydrogens (tertiary/aromatic N) is 3. The monoisotopic (exact) mass is 523 g/mol. The molecule has 6 unspecified atom stereocenters. The molecule has 0 aliphatic carbocycles. The average molecular weight is 524 g/mol. The van der Waals surface area contributed by atoms with Gasteiger partial charge in [0.25, 0.3) is 0 Å². The summed E-state index contributed by atoms with van der Waals surface area (Å²) in [7, 11) is 0. The number of hydrogen-bond acceptors (Lipinski definition) is 8. The van der Waals surface area contributed by atoms with Crippen molar-refractivity contribution in [3.63, 3.8) is 0 Å². The average Bonchev–Trinajstić information content (AvgIpc) is 3.31. The summed E-state index contributed by atoms with van der Waals surface area (Å²) in [6.07, 6.45) is -0.337. The van der Waals surface area contributed by atoms with Gasteiger partial charge in [0.2, 0.25) is 17.7 Å². The Kier molecular flexibility index (Phi) is 7.21. The minimum absolute atomic E-state index is 0.00884. The maximum Gasteiger partial charge on any atom is 0.353 e. The molecule has 4 rings (SSSR count). The Labute approximate surface area is 212 Å². The number of aliphatic carboxylic acids is 1. The summed E-state index contributed by atoms with van der Waals surface area (Å²) in [6.45, 7) is 6.31. The van der Waals surface area contributed by atoms with E-state index in [9.17, 15) is 29.4 Å². The number of β-lactam (4-membered cyclic amide) rings is 1. The zero-order valence-corrected chi connectivity index (χ0v) is 21.2. The molecule has 3 fully saturated rings. The number of carbonyl (C=O) groups excluding carboxylic acids is 3. The molecule has 0 saturated carbocycles. The molecule has 3 amide bonds. The fraction of sp³-hybridized carbons (Fsp3) is 0.682. The van der Waals surface area contributed by atoms with Crippen molar-refractivity contribution in [2.45, 2.75) is 62.7 Å². The van der Waals surface area contributed by atoms with Crippen LogP contribution in [0.25, 0.3) is 0 Å². The van der Waals surface area contributed by atoms with Gasteiger partial charge in [-0.25, -0.2) is 9.79 Å². The van der Waals surface area contributed by atoms with Gasteiger partial charge in [0.1, 0.15) is 11.7 Å². The number of nitrogens with one attached hydrogen (secondary N) is 2. The van der Waals surface area contributed by atoms with E-state index in [1.807, 2.05) is 6.92 Å². The number of carbonyl (C=O) groups is 4. The smallest absolute Gasteiger partial charge is 0.353 e. The maximum absolute atomic E-state index is 12.9. The van der Waals surface area contributed by atoms with Crippen molar-refractivity contribution in [3.05, 3.63) is 10.6 Å². The van der Waals surface area contributed by atoms with Crippen molar-refractivity contribution in [2.24, 2.45) is 28.3 Å². The molecular weight excluding hydrogens is 490 g/mol. The van der Waals surface area contributed by atoms with Gasteiger partial charge in [0.15, 0.2) is 5.96 Å². The van der Waals surface area contributed by atoms with Gasteiger partial charge in [-0.15, -0.1) is 11.8 Å². The second-order valence-electron chi connectivity index (χ2n) is 9.89. The van der Waals surface area contributed by atoms with Gasteiger partial charge in [-0.3, -0.25) is 14.4 Å². The van der Waals surface area contributed by atoms with Crippen molar-refractivity contribution < 1.29 is 29.4 Å². The molecule has 36 heavy (non-hydrogen) atoms. The fourth-order valence-electron chi connectivity index (χ4n) is 5.41. The van der Waals surface area contributed by atoms with Crippen LogP contribution >= 0.6 is 11.8 Å². The number of likely N-dealkylation sites (tertiary alicyclic amines) is 1. The van der Waals surface area contributed by atoms with Crippen LogP contribution < -0.4 is 22.1 Å². The van der Waals surface area contributed by atoms with Crippen LogP contribution in [0.1, 0.15) is 27.2 Å². The third-order valence-electron chi connectivity index (χ3n) is 7.26. The zero-order chi connectivity index (χ0) is 26.5. The second kappa shape index (κ2) is 9.90. The molecule has 4 heterocycles. The largest absolute Gasteiger partial charge is 0.477 e. The summed E-state index contributed by atoms with van der Waals surface area (Å²) >= 11 is 1.40. The number of aliphatic imine (C=N–C) groups is 1. The molecule has 3 saturated heterocycles. The second-order valence-corrected chi connectivity index (χ2v) is 11.2. The van der Waals surface area contributed by atoms with Crippen LogP contribution in [0.4, 0.5) is 0 Å². The first-order valence-corrected chi connectivity index (χ1v) is 12.8. The number of nitrogens with two attached hydrogens (primary N) is 2. The molecule has 13 nitrogen and oxygen atoms in total. The van der Waals surface area contributed by atoms with Gasteiger partial charge in [-0.05, 0) is 20.3 Å². The van der Waals surface area contributed by atoms with Crippen molar-refractivity contribution in [2.75, 3.05) is 19.6 Å². The molecular formula is C22H33N7O6S. The zero-order valence-electron chi connectivity index (χ0n) is 20.4. The highest BCUT2D eigenvalue weighted by atomic mass is 32.2. The number of aliphatic hydroxyl groups excluding tert-OH is 1. The van der Waals surface area contributed by atoms with Crippen molar-refractivity contribution in [1.29, 1.82) is 0 Å². The lowest BCUT2D eigenvalue weighted by molar-refractivity contribution is -0.163. The summed E-state index contributed by atoms with van der Waals surface area (Å²) in [5.41, 5.74) is 10.6. The predicted molar refractivity (Wildman–Crippen MR) is 131 cm³/mol. The molecule has 0 aromatic rings. The molecule has 0 aromatic heterocycles. The van der Waals surface area contributed by atoms with Crippen LogP contribution in [-0.4, -0.2) is 105 Å². The lowest BCUT2D eigenvalue weighted by atomic mass is 9.79. The molecule has 4 aliphatic rings. The summed E-state index contributed by atoms with van der Waals surface area (Å²) in [6, 6.07) is -1.65. The summed E-state index contributed by atoms with van der Waals surface area (Å²) in [5.74, 6) is -2.89. The van der Waals surface area contributed by atoms with E-state index in [0.29, 0.717) is 31.0 Å². The summed E-state index contributed by atoms with van der Waals surface area (Å²) in [4.78, 5) is 57.0. The molecule has 14 heteroatoms. The Hall–Kier alpha value is -2.84. The number of fused-ring (bicyclic) bond motifs is 1. The first kappa shape index (κ1) is 26.2. The molecule has 0 bridgehead atoms. The number of hydrogen-bond donors (Lipinski definition) is 6. The molecule has 4 aliphatic heterocycles. The number of carboxylic acids is 1. The Morgan fingerprint density at radius 2 is 1.92 bits per heavy atom. The van der Waals surface area contributed by atoms with Gasteiger partial charge >= 0.3 is 5.97 Å². The van der Waals surface area contributed by atoms with Gasteiger partial charge < -0.3 is 42.1 Å². The van der Waals surface area contributed by atoms with Crippen molar-refractivity contribution in [1.82, 2.24) is 20.4 Å². The van der Waals surface area contributed by atoms with Gasteiger partial charge in [0, 0.05) is 35.7 Å². The molecule has 7 atom stereocenters. The van der Waals surface area contributed by atoms with E-state index >= 15 is 0 Å². The van der Waals surface area contributed by atoms with E-state index < -0.39 is 30.1 Å². The van der Waals surface area contributed by atoms with Crippen LogP contribution in [0.2, 0.25) is 0 Å². The minimum atomic E-state index is -1.16. The fourth-order valence-corrected chi connectivity index (χ4v) is 6.89. The van der Waals surface area contributed by atoms with Crippen LogP contribution in [0.15, 0.2) is 15.6 Å². The Morgan fingerprint density at radius 1 is 1.25 bits per heavy atom. The third-order valence-corrected chi connectivity index (χ3v) is 8.77. The van der Waals surface area contributed by atoms with E-state index in [0.717, 1.165) is 0 Å². The summed E-state index contributed by atoms with van der Waals surface area (Å²) in [5, 5.41) is 25.8. The predicted octanol–water partition coefficient (Wildman–Crippen LogP) is -2.41. The topological polar surface area (TPSA) is 204 Å². The SMILES string of the molecule is CC(N=C(N)N)C(=O)NC1CN(C(=O)C2CC(SC3=C(C(=O)O)N4C(=O)C(C(C)O)[C@@H]4C3C)CN2)C1. The van der Waals surface area contributed by atoms with Gasteiger partial charge in [0.05, 0.1) is 30.1 Å². The van der Waals surface area contributed by atoms with Crippen LogP contribution in [0.5, 0.6) is 0 Å². The lowest BCUT2D eigenvalue weighted by Gasteiger charge is -2.46. The standard InChI is InChI=1S/C22H33N7O6S/c1-8-15-14(10(3)30)20(33)29(15)16(21(34)35)17(8)36-12-4-13(25-5-12)19(32)28-6-11(7-28)27-18(31)9(2)26-22(23)24/h8-15,25,30H,4-7H2,1-3H3,(H,27,31)(H,34,35)(H4,23,24,26)/t8?,9?,10?,12?,13?,14?,15-/m0/s1. The first-order valence-electron chi connectivity index (χ1n) is 12.0. The van der Waals surface area contributed by atoms with E-state index in [-0.39, 0.29) is 52.6 Å². The quantitative estimate of drug-likeness (QED) is 0.113. The Balaban J connectivity index is 1.31. The highest BCUT2D eigenvalue weighted by molar-refractivity contribution is 8.03. The number of aliphatic hydroxyl groups is 1. The molecule has 8 N–H and O–H groups in total. The van der Waals surface area contributed by atoms with E-state index in [1.54, 1.807) is 18.7 Å². The normalized spacial score (nSPS) is 31.3. The number of thioether (sulfide) groups is 1. The first-order chi connectivity index (χ1) is 16.9. The number of rotatable bonds is 8. The van der Waals surface area contributed by atoms with Gasteiger partial charge in [-0.1, -0.05) is 6.92 Å². The maximum atomic E-state index is 12.9. The highest BCUT2D eigenvalue weighted by Gasteiger charge is 2.60. The molecule has 0 aromatic carbocycles. The van der Waals surface area contributed by atoms with Crippen molar-refractivity contribution >= 4 is 41.4 Å². The number of amides is 3. The van der Waals surface area contributed by atoms with E-state index in [1.165, 1.54) is 16.7 Å². The van der Waals surface area contributed by atoms with E-state index in [2.05, 4.69) is 15.6 Å². The van der Waals surface area contributed by atoms with Crippen LogP contribution in [0.3, 0.4) is 0 Å². The lowest BCUT2D eigenvalue weighted by Crippen LogP contribution is -2.64. The number of carboxylic acid groups (broad SMARTS) is 1.